The number of likely N-dealkylation sites (tertiary alicyclic amines) is 1. The largest absolute Gasteiger partial charge is 0.299 e. The Morgan fingerprint density at radius 1 is 0.957 bits per heavy atom. The number of amides is 1. The minimum Gasteiger partial charge on any atom is -0.299 e. The zero-order valence-electron chi connectivity index (χ0n) is 13.0. The maximum atomic E-state index is 12.3. The van der Waals surface area contributed by atoms with Gasteiger partial charge in [0.15, 0.2) is 0 Å². The van der Waals surface area contributed by atoms with E-state index in [1.807, 2.05) is 48.5 Å². The van der Waals surface area contributed by atoms with Crippen LogP contribution in [0.3, 0.4) is 0 Å². The minimum absolute atomic E-state index is 0.539. The van der Waals surface area contributed by atoms with E-state index >= 15 is 0 Å². The lowest BCUT2D eigenvalue weighted by molar-refractivity contribution is -0.125. The van der Waals surface area contributed by atoms with Gasteiger partial charge in [-0.25, -0.2) is 0 Å². The first-order valence-corrected chi connectivity index (χ1v) is 7.94. The highest BCUT2D eigenvalue weighted by Gasteiger charge is 2.43. The molecule has 3 rings (SSSR count). The Bertz CT molecular complexity index is 662. The van der Waals surface area contributed by atoms with Crippen LogP contribution in [0.15, 0.2) is 65.8 Å². The number of nitroso groups, excluding NO2 is 1. The van der Waals surface area contributed by atoms with Crippen molar-refractivity contribution in [2.24, 2.45) is 5.18 Å². The molecule has 0 spiro atoms. The second kappa shape index (κ2) is 6.84. The number of benzene rings is 2. The standard InChI is InChI=1S/C19H20N2O2/c22-18(20-23)19(17-9-5-2-6-10-17)11-13-21(14-12-19)15-16-7-3-1-4-8-16/h1-10H,11-15H2. The topological polar surface area (TPSA) is 49.7 Å². The molecular weight excluding hydrogens is 288 g/mol. The first-order valence-electron chi connectivity index (χ1n) is 7.94. The molecule has 0 aromatic heterocycles. The van der Waals surface area contributed by atoms with Gasteiger partial charge in [0, 0.05) is 11.7 Å². The fraction of sp³-hybridized carbons (Fsp3) is 0.316. The van der Waals surface area contributed by atoms with E-state index in [0.717, 1.165) is 25.2 Å². The SMILES string of the molecule is O=NC(=O)C1(c2ccccc2)CCN(Cc2ccccc2)CC1. The highest BCUT2D eigenvalue weighted by Crippen LogP contribution is 2.37. The van der Waals surface area contributed by atoms with Crippen LogP contribution in [0.4, 0.5) is 0 Å². The summed E-state index contributed by atoms with van der Waals surface area (Å²) in [6.07, 6.45) is 1.27. The molecule has 0 aliphatic carbocycles. The predicted molar refractivity (Wildman–Crippen MR) is 89.9 cm³/mol. The number of carbonyl (C=O) groups excluding carboxylic acids is 1. The number of hydrogen-bond donors (Lipinski definition) is 0. The van der Waals surface area contributed by atoms with E-state index in [1.165, 1.54) is 5.56 Å². The van der Waals surface area contributed by atoms with Crippen molar-refractivity contribution in [2.45, 2.75) is 24.8 Å². The second-order valence-electron chi connectivity index (χ2n) is 6.11. The van der Waals surface area contributed by atoms with Crippen molar-refractivity contribution in [1.82, 2.24) is 4.90 Å². The third-order valence-electron chi connectivity index (χ3n) is 4.78. The van der Waals surface area contributed by atoms with Crippen molar-refractivity contribution < 1.29 is 4.79 Å². The Morgan fingerprint density at radius 2 is 1.52 bits per heavy atom. The molecule has 23 heavy (non-hydrogen) atoms. The maximum Gasteiger partial charge on any atom is 0.296 e. The Hall–Kier alpha value is -2.33. The van der Waals surface area contributed by atoms with Gasteiger partial charge >= 0.3 is 0 Å². The highest BCUT2D eigenvalue weighted by atomic mass is 16.3. The molecule has 0 bridgehead atoms. The molecule has 1 aliphatic heterocycles. The first-order chi connectivity index (χ1) is 11.2. The van der Waals surface area contributed by atoms with Crippen LogP contribution in [0.1, 0.15) is 24.0 Å². The van der Waals surface area contributed by atoms with Crippen molar-refractivity contribution >= 4 is 5.91 Å². The van der Waals surface area contributed by atoms with Crippen LogP contribution >= 0.6 is 0 Å². The van der Waals surface area contributed by atoms with E-state index < -0.39 is 11.3 Å². The van der Waals surface area contributed by atoms with E-state index in [0.29, 0.717) is 12.8 Å². The number of rotatable bonds is 4. The fourth-order valence-corrected chi connectivity index (χ4v) is 3.41. The Labute approximate surface area is 136 Å². The van der Waals surface area contributed by atoms with E-state index in [-0.39, 0.29) is 0 Å². The van der Waals surface area contributed by atoms with Gasteiger partial charge in [-0.1, -0.05) is 60.7 Å². The quantitative estimate of drug-likeness (QED) is 0.812. The van der Waals surface area contributed by atoms with Crippen LogP contribution < -0.4 is 0 Å². The molecule has 1 fully saturated rings. The molecule has 1 aliphatic rings. The summed E-state index contributed by atoms with van der Waals surface area (Å²) in [4.78, 5) is 25.5. The van der Waals surface area contributed by atoms with E-state index in [4.69, 9.17) is 0 Å². The second-order valence-corrected chi connectivity index (χ2v) is 6.11. The summed E-state index contributed by atoms with van der Waals surface area (Å²) in [5, 5.41) is 2.76. The number of nitrogens with zero attached hydrogens (tertiary/aromatic N) is 2. The molecule has 1 heterocycles. The summed E-state index contributed by atoms with van der Waals surface area (Å²) >= 11 is 0. The predicted octanol–water partition coefficient (Wildman–Crippen LogP) is 3.51. The number of piperidine rings is 1. The summed E-state index contributed by atoms with van der Waals surface area (Å²) in [5.41, 5.74) is 1.42. The van der Waals surface area contributed by atoms with Crippen LogP contribution in [0.2, 0.25) is 0 Å². The van der Waals surface area contributed by atoms with Crippen LogP contribution in [-0.4, -0.2) is 23.9 Å². The van der Waals surface area contributed by atoms with E-state index in [1.54, 1.807) is 0 Å². The van der Waals surface area contributed by atoms with Gasteiger partial charge in [0.25, 0.3) is 5.91 Å². The summed E-state index contributed by atoms with van der Waals surface area (Å²) in [6, 6.07) is 19.9. The van der Waals surface area contributed by atoms with E-state index in [2.05, 4.69) is 22.2 Å². The van der Waals surface area contributed by atoms with Gasteiger partial charge in [-0.3, -0.25) is 9.69 Å². The molecule has 0 saturated carbocycles. The lowest BCUT2D eigenvalue weighted by Gasteiger charge is -2.39. The molecule has 0 radical (unpaired) electrons. The summed E-state index contributed by atoms with van der Waals surface area (Å²) in [7, 11) is 0. The summed E-state index contributed by atoms with van der Waals surface area (Å²) in [5.74, 6) is -0.539. The molecule has 1 amide bonds. The average molecular weight is 308 g/mol. The Morgan fingerprint density at radius 3 is 2.09 bits per heavy atom. The molecule has 4 heteroatoms. The van der Waals surface area contributed by atoms with Gasteiger partial charge < -0.3 is 0 Å². The average Bonchev–Trinajstić information content (AvgIpc) is 2.63. The van der Waals surface area contributed by atoms with Gasteiger partial charge in [-0.15, -0.1) is 4.91 Å². The maximum absolute atomic E-state index is 12.3. The van der Waals surface area contributed by atoms with E-state index in [9.17, 15) is 9.70 Å². The van der Waals surface area contributed by atoms with Crippen LogP contribution in [0.25, 0.3) is 0 Å². The lowest BCUT2D eigenvalue weighted by Crippen LogP contribution is -2.46. The summed E-state index contributed by atoms with van der Waals surface area (Å²) in [6.45, 7) is 2.44. The molecule has 2 aromatic rings. The normalized spacial score (nSPS) is 17.6. The number of hydrogen-bond acceptors (Lipinski definition) is 3. The van der Waals surface area contributed by atoms with Crippen molar-refractivity contribution in [1.29, 1.82) is 0 Å². The molecule has 2 aromatic carbocycles. The number of carbonyl (C=O) groups is 1. The zero-order valence-corrected chi connectivity index (χ0v) is 13.0. The van der Waals surface area contributed by atoms with Crippen LogP contribution in [0, 0.1) is 4.91 Å². The first kappa shape index (κ1) is 15.6. The molecular formula is C19H20N2O2. The molecule has 4 nitrogen and oxygen atoms in total. The Kier molecular flexibility index (Phi) is 4.63. The lowest BCUT2D eigenvalue weighted by atomic mass is 9.72. The van der Waals surface area contributed by atoms with Crippen LogP contribution in [0.5, 0.6) is 0 Å². The third kappa shape index (κ3) is 3.22. The molecule has 1 saturated heterocycles. The smallest absolute Gasteiger partial charge is 0.296 e. The Balaban J connectivity index is 1.76. The van der Waals surface area contributed by atoms with Crippen molar-refractivity contribution in [2.75, 3.05) is 13.1 Å². The highest BCUT2D eigenvalue weighted by molar-refractivity contribution is 5.89. The summed E-state index contributed by atoms with van der Waals surface area (Å²) < 4.78 is 0. The minimum atomic E-state index is -0.754. The molecule has 0 atom stereocenters. The van der Waals surface area contributed by atoms with Crippen molar-refractivity contribution in [3.63, 3.8) is 0 Å². The van der Waals surface area contributed by atoms with Gasteiger partial charge in [0.05, 0.1) is 5.41 Å². The van der Waals surface area contributed by atoms with Gasteiger partial charge in [-0.05, 0) is 37.1 Å². The van der Waals surface area contributed by atoms with Gasteiger partial charge in [-0.2, -0.15) is 0 Å². The van der Waals surface area contributed by atoms with Gasteiger partial charge in [0.2, 0.25) is 0 Å². The molecule has 0 N–H and O–H groups in total. The zero-order chi connectivity index (χ0) is 16.1. The van der Waals surface area contributed by atoms with Crippen molar-refractivity contribution in [3.8, 4) is 0 Å². The van der Waals surface area contributed by atoms with Gasteiger partial charge in [0.1, 0.15) is 0 Å². The van der Waals surface area contributed by atoms with Crippen LogP contribution in [-0.2, 0) is 16.8 Å². The monoisotopic (exact) mass is 308 g/mol. The molecule has 0 unspecified atom stereocenters. The third-order valence-corrected chi connectivity index (χ3v) is 4.78. The van der Waals surface area contributed by atoms with Crippen molar-refractivity contribution in [3.05, 3.63) is 76.7 Å². The molecule has 118 valence electrons. The fourth-order valence-electron chi connectivity index (χ4n) is 3.41.